The Kier molecular flexibility index (Phi) is 4.17. The molecule has 0 spiro atoms. The van der Waals surface area contributed by atoms with Gasteiger partial charge in [-0.3, -0.25) is 4.79 Å². The van der Waals surface area contributed by atoms with E-state index in [0.717, 1.165) is 24.6 Å². The predicted octanol–water partition coefficient (Wildman–Crippen LogP) is 2.73. The molecule has 16 heavy (non-hydrogen) atoms. The van der Waals surface area contributed by atoms with Crippen LogP contribution in [0.3, 0.4) is 0 Å². The number of thiol groups is 1. The van der Waals surface area contributed by atoms with Gasteiger partial charge in [0.25, 0.3) is 0 Å². The standard InChI is InChI=1S/C13H23NOS/c1-10(12-5-3-2-4-6-12)14-8-11(9-16)7-13(14)15/h10-12,16H,2-9H2,1H3. The number of rotatable bonds is 3. The first-order valence-electron chi connectivity index (χ1n) is 6.62. The van der Waals surface area contributed by atoms with Crippen molar-refractivity contribution in [3.63, 3.8) is 0 Å². The Morgan fingerprint density at radius 1 is 1.38 bits per heavy atom. The number of carbonyl (C=O) groups is 1. The highest BCUT2D eigenvalue weighted by atomic mass is 32.1. The van der Waals surface area contributed by atoms with Crippen molar-refractivity contribution in [2.24, 2.45) is 11.8 Å². The van der Waals surface area contributed by atoms with Gasteiger partial charge >= 0.3 is 0 Å². The monoisotopic (exact) mass is 241 g/mol. The molecule has 2 aliphatic rings. The molecule has 0 aromatic rings. The second-order valence-corrected chi connectivity index (χ2v) is 5.80. The summed E-state index contributed by atoms with van der Waals surface area (Å²) in [6.07, 6.45) is 7.45. The van der Waals surface area contributed by atoms with Gasteiger partial charge in [-0.05, 0) is 37.4 Å². The average Bonchev–Trinajstić information content (AvgIpc) is 2.71. The molecule has 0 N–H and O–H groups in total. The van der Waals surface area contributed by atoms with Gasteiger partial charge in [0.05, 0.1) is 0 Å². The average molecular weight is 241 g/mol. The molecule has 3 heteroatoms. The van der Waals surface area contributed by atoms with Crippen LogP contribution in [0, 0.1) is 11.8 Å². The third kappa shape index (κ3) is 2.55. The minimum Gasteiger partial charge on any atom is -0.339 e. The van der Waals surface area contributed by atoms with Crippen LogP contribution in [0.5, 0.6) is 0 Å². The van der Waals surface area contributed by atoms with Gasteiger partial charge in [0, 0.05) is 19.0 Å². The molecule has 2 atom stereocenters. The van der Waals surface area contributed by atoms with Crippen molar-refractivity contribution in [3.8, 4) is 0 Å². The molecule has 2 nitrogen and oxygen atoms in total. The molecule has 1 heterocycles. The summed E-state index contributed by atoms with van der Waals surface area (Å²) in [5.74, 6) is 2.44. The topological polar surface area (TPSA) is 20.3 Å². The zero-order chi connectivity index (χ0) is 11.5. The van der Waals surface area contributed by atoms with Crippen LogP contribution in [-0.2, 0) is 4.79 Å². The van der Waals surface area contributed by atoms with E-state index in [2.05, 4.69) is 24.5 Å². The van der Waals surface area contributed by atoms with Gasteiger partial charge in [0.2, 0.25) is 5.91 Å². The van der Waals surface area contributed by atoms with E-state index in [4.69, 9.17) is 0 Å². The highest BCUT2D eigenvalue weighted by Crippen LogP contribution is 2.32. The van der Waals surface area contributed by atoms with Gasteiger partial charge in [-0.15, -0.1) is 0 Å². The van der Waals surface area contributed by atoms with E-state index < -0.39 is 0 Å². The first-order valence-corrected chi connectivity index (χ1v) is 7.26. The van der Waals surface area contributed by atoms with Gasteiger partial charge in [-0.1, -0.05) is 19.3 Å². The summed E-state index contributed by atoms with van der Waals surface area (Å²) < 4.78 is 0. The number of amides is 1. The molecule has 1 aliphatic carbocycles. The van der Waals surface area contributed by atoms with Crippen molar-refractivity contribution < 1.29 is 4.79 Å². The van der Waals surface area contributed by atoms with Gasteiger partial charge in [-0.25, -0.2) is 0 Å². The maximum atomic E-state index is 11.9. The lowest BCUT2D eigenvalue weighted by Gasteiger charge is -2.34. The van der Waals surface area contributed by atoms with E-state index in [1.807, 2.05) is 0 Å². The summed E-state index contributed by atoms with van der Waals surface area (Å²) in [5.41, 5.74) is 0. The van der Waals surface area contributed by atoms with E-state index in [9.17, 15) is 4.79 Å². The molecule has 1 aliphatic heterocycles. The van der Waals surface area contributed by atoms with Gasteiger partial charge in [-0.2, -0.15) is 12.6 Å². The first kappa shape index (κ1) is 12.3. The Labute approximate surface area is 104 Å². The summed E-state index contributed by atoms with van der Waals surface area (Å²) in [7, 11) is 0. The molecule has 1 amide bonds. The van der Waals surface area contributed by atoms with Gasteiger partial charge in [0.1, 0.15) is 0 Å². The summed E-state index contributed by atoms with van der Waals surface area (Å²) in [6, 6.07) is 0.456. The minimum absolute atomic E-state index is 0.358. The summed E-state index contributed by atoms with van der Waals surface area (Å²) in [6.45, 7) is 3.19. The summed E-state index contributed by atoms with van der Waals surface area (Å²) >= 11 is 4.31. The maximum Gasteiger partial charge on any atom is 0.223 e. The van der Waals surface area contributed by atoms with Crippen molar-refractivity contribution in [2.75, 3.05) is 12.3 Å². The highest BCUT2D eigenvalue weighted by Gasteiger charge is 2.35. The zero-order valence-electron chi connectivity index (χ0n) is 10.2. The molecule has 1 saturated carbocycles. The normalized spacial score (nSPS) is 29.8. The van der Waals surface area contributed by atoms with Crippen molar-refractivity contribution in [3.05, 3.63) is 0 Å². The van der Waals surface area contributed by atoms with Gasteiger partial charge in [0.15, 0.2) is 0 Å². The smallest absolute Gasteiger partial charge is 0.223 e. The Morgan fingerprint density at radius 2 is 2.06 bits per heavy atom. The molecule has 1 saturated heterocycles. The van der Waals surface area contributed by atoms with Crippen molar-refractivity contribution in [1.29, 1.82) is 0 Å². The molecule has 0 aromatic carbocycles. The molecule has 2 fully saturated rings. The van der Waals surface area contributed by atoms with E-state index in [1.165, 1.54) is 32.1 Å². The zero-order valence-corrected chi connectivity index (χ0v) is 11.1. The van der Waals surface area contributed by atoms with Gasteiger partial charge < -0.3 is 4.90 Å². The van der Waals surface area contributed by atoms with E-state index >= 15 is 0 Å². The molecular weight excluding hydrogens is 218 g/mol. The second kappa shape index (κ2) is 5.44. The van der Waals surface area contributed by atoms with E-state index in [-0.39, 0.29) is 0 Å². The van der Waals surface area contributed by atoms with Crippen molar-refractivity contribution in [2.45, 2.75) is 51.5 Å². The van der Waals surface area contributed by atoms with Crippen LogP contribution in [0.1, 0.15) is 45.4 Å². The Hall–Kier alpha value is -0.180. The number of hydrogen-bond donors (Lipinski definition) is 1. The van der Waals surface area contributed by atoms with E-state index in [0.29, 0.717) is 17.9 Å². The molecule has 0 radical (unpaired) electrons. The van der Waals surface area contributed by atoms with E-state index in [1.54, 1.807) is 0 Å². The maximum absolute atomic E-state index is 11.9. The Morgan fingerprint density at radius 3 is 2.62 bits per heavy atom. The Bertz CT molecular complexity index is 250. The van der Waals surface area contributed by atoms with Crippen LogP contribution < -0.4 is 0 Å². The third-order valence-corrected chi connectivity index (χ3v) is 4.84. The largest absolute Gasteiger partial charge is 0.339 e. The number of carbonyl (C=O) groups excluding carboxylic acids is 1. The fourth-order valence-electron chi connectivity index (χ4n) is 3.20. The van der Waals surface area contributed by atoms with Crippen LogP contribution in [0.2, 0.25) is 0 Å². The van der Waals surface area contributed by atoms with Crippen LogP contribution in [0.25, 0.3) is 0 Å². The number of hydrogen-bond acceptors (Lipinski definition) is 2. The lowest BCUT2D eigenvalue weighted by atomic mass is 9.84. The van der Waals surface area contributed by atoms with Crippen LogP contribution in [-0.4, -0.2) is 29.1 Å². The second-order valence-electron chi connectivity index (χ2n) is 5.44. The Balaban J connectivity index is 1.93. The quantitative estimate of drug-likeness (QED) is 0.753. The number of likely N-dealkylation sites (tertiary alicyclic amines) is 1. The fraction of sp³-hybridized carbons (Fsp3) is 0.923. The molecule has 0 aromatic heterocycles. The highest BCUT2D eigenvalue weighted by molar-refractivity contribution is 7.80. The summed E-state index contributed by atoms with van der Waals surface area (Å²) in [5, 5.41) is 0. The van der Waals surface area contributed by atoms with Crippen molar-refractivity contribution in [1.82, 2.24) is 4.90 Å². The lowest BCUT2D eigenvalue weighted by molar-refractivity contribution is -0.130. The molecule has 2 rings (SSSR count). The van der Waals surface area contributed by atoms with Crippen molar-refractivity contribution >= 4 is 18.5 Å². The minimum atomic E-state index is 0.358. The molecule has 2 unspecified atom stereocenters. The van der Waals surface area contributed by atoms with Crippen LogP contribution in [0.15, 0.2) is 0 Å². The molecule has 0 bridgehead atoms. The summed E-state index contributed by atoms with van der Waals surface area (Å²) in [4.78, 5) is 14.0. The van der Waals surface area contributed by atoms with Crippen LogP contribution >= 0.6 is 12.6 Å². The SMILES string of the molecule is CC(C1CCCCC1)N1CC(CS)CC1=O. The van der Waals surface area contributed by atoms with Crippen LogP contribution in [0.4, 0.5) is 0 Å². The number of nitrogens with zero attached hydrogens (tertiary/aromatic N) is 1. The third-order valence-electron chi connectivity index (χ3n) is 4.32. The molecular formula is C13H23NOS. The first-order chi connectivity index (χ1) is 7.72. The lowest BCUT2D eigenvalue weighted by Crippen LogP contribution is -2.40. The fourth-order valence-corrected chi connectivity index (χ4v) is 3.44. The molecule has 92 valence electrons. The predicted molar refractivity (Wildman–Crippen MR) is 69.7 cm³/mol.